The van der Waals surface area contributed by atoms with Crippen LogP contribution in [0.1, 0.15) is 41.1 Å². The van der Waals surface area contributed by atoms with E-state index in [0.717, 1.165) is 22.7 Å². The van der Waals surface area contributed by atoms with E-state index in [-0.39, 0.29) is 11.8 Å². The Balaban J connectivity index is 1.63. The molecule has 0 aliphatic carbocycles. The van der Waals surface area contributed by atoms with Gasteiger partial charge in [-0.15, -0.1) is 11.3 Å². The minimum absolute atomic E-state index is 0.121. The molecule has 0 saturated carbocycles. The van der Waals surface area contributed by atoms with Crippen molar-refractivity contribution >= 4 is 28.8 Å². The molecule has 0 aliphatic rings. The van der Waals surface area contributed by atoms with E-state index in [1.165, 1.54) is 11.3 Å². The van der Waals surface area contributed by atoms with E-state index in [1.54, 1.807) is 29.6 Å². The lowest BCUT2D eigenvalue weighted by Crippen LogP contribution is -2.23. The molecule has 29 heavy (non-hydrogen) atoms. The molecule has 0 spiro atoms. The molecule has 0 fully saturated rings. The van der Waals surface area contributed by atoms with Gasteiger partial charge in [-0.2, -0.15) is 0 Å². The van der Waals surface area contributed by atoms with Crippen LogP contribution in [0.2, 0.25) is 0 Å². The molecule has 2 N–H and O–H groups in total. The molecule has 2 amide bonds. The van der Waals surface area contributed by atoms with Crippen molar-refractivity contribution < 1.29 is 14.3 Å². The van der Waals surface area contributed by atoms with E-state index >= 15 is 0 Å². The number of hydrogen-bond acceptors (Lipinski definition) is 5. The first kappa shape index (κ1) is 20.5. The lowest BCUT2D eigenvalue weighted by molar-refractivity contribution is 0.0953. The summed E-state index contributed by atoms with van der Waals surface area (Å²) < 4.78 is 5.44. The van der Waals surface area contributed by atoms with Crippen LogP contribution in [-0.4, -0.2) is 29.9 Å². The monoisotopic (exact) mass is 409 g/mol. The van der Waals surface area contributed by atoms with Crippen molar-refractivity contribution in [3.05, 3.63) is 65.2 Å². The molecular weight excluding hydrogens is 386 g/mol. The van der Waals surface area contributed by atoms with E-state index < -0.39 is 0 Å². The highest BCUT2D eigenvalue weighted by Gasteiger charge is 2.13. The number of hydrogen-bond donors (Lipinski definition) is 2. The number of anilines is 1. The molecule has 3 aromatic rings. The van der Waals surface area contributed by atoms with E-state index in [2.05, 4.69) is 15.6 Å². The smallest absolute Gasteiger partial charge is 0.275 e. The molecule has 2 aromatic carbocycles. The van der Waals surface area contributed by atoms with Crippen LogP contribution >= 0.6 is 11.3 Å². The number of rotatable bonds is 8. The summed E-state index contributed by atoms with van der Waals surface area (Å²) in [5.74, 6) is 0.392. The number of carbonyl (C=O) groups is 2. The van der Waals surface area contributed by atoms with Gasteiger partial charge < -0.3 is 15.4 Å². The van der Waals surface area contributed by atoms with Gasteiger partial charge in [-0.25, -0.2) is 4.98 Å². The highest BCUT2D eigenvalue weighted by Crippen LogP contribution is 2.26. The van der Waals surface area contributed by atoms with Gasteiger partial charge in [0.2, 0.25) is 0 Å². The standard InChI is InChI=1S/C22H23N3O3S/c1-3-13-23-20(26)15-5-9-17(10-6-15)24-21(27)19-14-29-22(25-19)16-7-11-18(12-8-16)28-4-2/h5-12,14H,3-4,13H2,1-2H3,(H,23,26)(H,24,27). The SMILES string of the molecule is CCCNC(=O)c1ccc(NC(=O)c2csc(-c3ccc(OCC)cc3)n2)cc1. The van der Waals surface area contributed by atoms with Gasteiger partial charge in [0.1, 0.15) is 16.5 Å². The normalized spacial score (nSPS) is 10.4. The Morgan fingerprint density at radius 3 is 2.38 bits per heavy atom. The number of benzene rings is 2. The second-order valence-corrected chi connectivity index (χ2v) is 7.14. The molecule has 1 aromatic heterocycles. The van der Waals surface area contributed by atoms with Gasteiger partial charge in [0.15, 0.2) is 0 Å². The Hall–Kier alpha value is -3.19. The largest absolute Gasteiger partial charge is 0.494 e. The Kier molecular flexibility index (Phi) is 6.97. The zero-order valence-corrected chi connectivity index (χ0v) is 17.2. The second-order valence-electron chi connectivity index (χ2n) is 6.28. The van der Waals surface area contributed by atoms with Crippen LogP contribution in [0.15, 0.2) is 53.9 Å². The van der Waals surface area contributed by atoms with E-state index in [9.17, 15) is 9.59 Å². The summed E-state index contributed by atoms with van der Waals surface area (Å²) in [5.41, 5.74) is 2.45. The van der Waals surface area contributed by atoms with Crippen molar-refractivity contribution in [3.8, 4) is 16.3 Å². The Bertz CT molecular complexity index is 966. The third-order valence-corrected chi connectivity index (χ3v) is 4.98. The van der Waals surface area contributed by atoms with Gasteiger partial charge >= 0.3 is 0 Å². The summed E-state index contributed by atoms with van der Waals surface area (Å²) in [7, 11) is 0. The van der Waals surface area contributed by atoms with Gasteiger partial charge in [0.25, 0.3) is 11.8 Å². The minimum Gasteiger partial charge on any atom is -0.494 e. The number of amides is 2. The summed E-state index contributed by atoms with van der Waals surface area (Å²) in [6.45, 7) is 5.19. The zero-order valence-electron chi connectivity index (χ0n) is 16.4. The van der Waals surface area contributed by atoms with Crippen molar-refractivity contribution in [1.82, 2.24) is 10.3 Å². The third-order valence-electron chi connectivity index (χ3n) is 4.09. The number of thiazole rings is 1. The van der Waals surface area contributed by atoms with E-state index in [4.69, 9.17) is 4.74 Å². The Morgan fingerprint density at radius 2 is 1.72 bits per heavy atom. The van der Waals surface area contributed by atoms with Gasteiger partial charge in [-0.05, 0) is 61.9 Å². The van der Waals surface area contributed by atoms with Gasteiger partial charge in [-0.1, -0.05) is 6.92 Å². The van der Waals surface area contributed by atoms with Crippen LogP contribution in [0.25, 0.3) is 10.6 Å². The molecular formula is C22H23N3O3S. The fourth-order valence-corrected chi connectivity index (χ4v) is 3.42. The topological polar surface area (TPSA) is 80.3 Å². The predicted molar refractivity (Wildman–Crippen MR) is 116 cm³/mol. The molecule has 0 saturated heterocycles. The van der Waals surface area contributed by atoms with Crippen molar-refractivity contribution in [1.29, 1.82) is 0 Å². The summed E-state index contributed by atoms with van der Waals surface area (Å²) in [5, 5.41) is 8.13. The van der Waals surface area contributed by atoms with Crippen molar-refractivity contribution in [3.63, 3.8) is 0 Å². The second kappa shape index (κ2) is 9.84. The predicted octanol–water partition coefficient (Wildman–Crippen LogP) is 4.60. The maximum Gasteiger partial charge on any atom is 0.275 e. The highest BCUT2D eigenvalue weighted by molar-refractivity contribution is 7.13. The summed E-state index contributed by atoms with van der Waals surface area (Å²) >= 11 is 1.41. The first-order valence-electron chi connectivity index (χ1n) is 9.49. The zero-order chi connectivity index (χ0) is 20.6. The number of carbonyl (C=O) groups excluding carboxylic acids is 2. The lowest BCUT2D eigenvalue weighted by atomic mass is 10.2. The number of nitrogens with one attached hydrogen (secondary N) is 2. The molecule has 0 unspecified atom stereocenters. The Labute approximate surface area is 173 Å². The van der Waals surface area contributed by atoms with E-state index in [1.807, 2.05) is 38.1 Å². The molecule has 0 atom stereocenters. The third kappa shape index (κ3) is 5.42. The van der Waals surface area contributed by atoms with Gasteiger partial charge in [0, 0.05) is 28.7 Å². The van der Waals surface area contributed by atoms with Crippen molar-refractivity contribution in [2.45, 2.75) is 20.3 Å². The first-order chi connectivity index (χ1) is 14.1. The fourth-order valence-electron chi connectivity index (χ4n) is 2.61. The molecule has 6 nitrogen and oxygen atoms in total. The molecule has 0 aliphatic heterocycles. The molecule has 150 valence electrons. The van der Waals surface area contributed by atoms with E-state index in [0.29, 0.717) is 30.1 Å². The maximum atomic E-state index is 12.5. The highest BCUT2D eigenvalue weighted by atomic mass is 32.1. The van der Waals surface area contributed by atoms with Gasteiger partial charge in [0.05, 0.1) is 6.61 Å². The average molecular weight is 410 g/mol. The average Bonchev–Trinajstić information content (AvgIpc) is 3.24. The van der Waals surface area contributed by atoms with Crippen LogP contribution in [0, 0.1) is 0 Å². The molecule has 1 heterocycles. The molecule has 7 heteroatoms. The minimum atomic E-state index is -0.290. The lowest BCUT2D eigenvalue weighted by Gasteiger charge is -2.06. The number of aromatic nitrogens is 1. The molecule has 0 radical (unpaired) electrons. The van der Waals surface area contributed by atoms with Crippen LogP contribution < -0.4 is 15.4 Å². The van der Waals surface area contributed by atoms with Gasteiger partial charge in [-0.3, -0.25) is 9.59 Å². The Morgan fingerprint density at radius 1 is 1.00 bits per heavy atom. The number of nitrogens with zero attached hydrogens (tertiary/aromatic N) is 1. The quantitative estimate of drug-likeness (QED) is 0.570. The van der Waals surface area contributed by atoms with Crippen molar-refractivity contribution in [2.75, 3.05) is 18.5 Å². The summed E-state index contributed by atoms with van der Waals surface area (Å²) in [6, 6.07) is 14.4. The summed E-state index contributed by atoms with van der Waals surface area (Å²) in [6.07, 6.45) is 0.881. The van der Waals surface area contributed by atoms with Crippen LogP contribution in [0.4, 0.5) is 5.69 Å². The maximum absolute atomic E-state index is 12.5. The molecule has 0 bridgehead atoms. The molecule has 3 rings (SSSR count). The first-order valence-corrected chi connectivity index (χ1v) is 10.4. The van der Waals surface area contributed by atoms with Crippen molar-refractivity contribution in [2.24, 2.45) is 0 Å². The fraction of sp³-hybridized carbons (Fsp3) is 0.227. The number of ether oxygens (including phenoxy) is 1. The van der Waals surface area contributed by atoms with Crippen LogP contribution in [0.5, 0.6) is 5.75 Å². The van der Waals surface area contributed by atoms with Crippen LogP contribution in [-0.2, 0) is 0 Å². The van der Waals surface area contributed by atoms with Crippen LogP contribution in [0.3, 0.4) is 0 Å². The summed E-state index contributed by atoms with van der Waals surface area (Å²) in [4.78, 5) is 28.9.